The van der Waals surface area contributed by atoms with Gasteiger partial charge in [0, 0.05) is 5.69 Å². The van der Waals surface area contributed by atoms with Crippen LogP contribution in [0.2, 0.25) is 0 Å². The minimum absolute atomic E-state index is 0.686. The first-order chi connectivity index (χ1) is 7.74. The summed E-state index contributed by atoms with van der Waals surface area (Å²) in [5.74, 6) is 0.845. The molecule has 1 N–H and O–H groups in total. The molecule has 0 unspecified atom stereocenters. The van der Waals surface area contributed by atoms with Crippen molar-refractivity contribution >= 4 is 21.7 Å². The highest BCUT2D eigenvalue weighted by Gasteiger charge is 1.97. The van der Waals surface area contributed by atoms with E-state index in [1.807, 2.05) is 43.3 Å². The molecule has 2 heterocycles. The fourth-order valence-corrected chi connectivity index (χ4v) is 1.73. The normalized spacial score (nSPS) is 10.1. The fourth-order valence-electron chi connectivity index (χ4n) is 1.39. The van der Waals surface area contributed by atoms with E-state index in [0.29, 0.717) is 6.54 Å². The molecular weight excluding hydrogens is 266 g/mol. The molecule has 0 saturated carbocycles. The van der Waals surface area contributed by atoms with Gasteiger partial charge in [0.2, 0.25) is 0 Å². The molecule has 2 aromatic rings. The summed E-state index contributed by atoms with van der Waals surface area (Å²) in [5.41, 5.74) is 2.04. The molecule has 82 valence electrons. The molecule has 3 nitrogen and oxygen atoms in total. The number of hydrogen-bond acceptors (Lipinski definition) is 3. The first-order valence-corrected chi connectivity index (χ1v) is 5.82. The average molecular weight is 278 g/mol. The molecule has 0 bridgehead atoms. The van der Waals surface area contributed by atoms with Gasteiger partial charge in [-0.3, -0.25) is 4.98 Å². The van der Waals surface area contributed by atoms with Crippen LogP contribution < -0.4 is 5.32 Å². The highest BCUT2D eigenvalue weighted by molar-refractivity contribution is 9.10. The lowest BCUT2D eigenvalue weighted by atomic mass is 10.3. The van der Waals surface area contributed by atoms with Gasteiger partial charge in [-0.15, -0.1) is 0 Å². The van der Waals surface area contributed by atoms with Crippen molar-refractivity contribution in [1.29, 1.82) is 0 Å². The largest absolute Gasteiger partial charge is 0.364 e. The van der Waals surface area contributed by atoms with Gasteiger partial charge in [0.15, 0.2) is 0 Å². The quantitative estimate of drug-likeness (QED) is 0.876. The lowest BCUT2D eigenvalue weighted by Gasteiger charge is -2.05. The number of aryl methyl sites for hydroxylation is 1. The third-order valence-corrected chi connectivity index (χ3v) is 2.55. The predicted molar refractivity (Wildman–Crippen MR) is 68.2 cm³/mol. The average Bonchev–Trinajstić information content (AvgIpc) is 2.27. The van der Waals surface area contributed by atoms with Crippen LogP contribution in [0.25, 0.3) is 0 Å². The summed E-state index contributed by atoms with van der Waals surface area (Å²) in [6.07, 6.45) is 0. The number of rotatable bonds is 3. The van der Waals surface area contributed by atoms with Gasteiger partial charge in [-0.1, -0.05) is 12.1 Å². The lowest BCUT2D eigenvalue weighted by molar-refractivity contribution is 1.00. The molecule has 0 spiro atoms. The summed E-state index contributed by atoms with van der Waals surface area (Å²) in [6, 6.07) is 11.8. The molecule has 16 heavy (non-hydrogen) atoms. The van der Waals surface area contributed by atoms with Gasteiger partial charge < -0.3 is 5.32 Å². The Morgan fingerprint density at radius 3 is 2.69 bits per heavy atom. The van der Waals surface area contributed by atoms with Crippen molar-refractivity contribution in [2.24, 2.45) is 0 Å². The Labute approximate surface area is 103 Å². The topological polar surface area (TPSA) is 37.8 Å². The van der Waals surface area contributed by atoms with Crippen LogP contribution in [0.3, 0.4) is 0 Å². The summed E-state index contributed by atoms with van der Waals surface area (Å²) in [7, 11) is 0. The van der Waals surface area contributed by atoms with Crippen molar-refractivity contribution in [3.05, 3.63) is 52.4 Å². The molecule has 4 heteroatoms. The molecule has 0 aliphatic rings. The van der Waals surface area contributed by atoms with Crippen molar-refractivity contribution in [2.75, 3.05) is 5.32 Å². The molecule has 0 aliphatic carbocycles. The van der Waals surface area contributed by atoms with Gasteiger partial charge >= 0.3 is 0 Å². The predicted octanol–water partition coefficient (Wildman–Crippen LogP) is 3.16. The smallest absolute Gasteiger partial charge is 0.127 e. The molecule has 0 radical (unpaired) electrons. The Morgan fingerprint density at radius 1 is 1.12 bits per heavy atom. The summed E-state index contributed by atoms with van der Waals surface area (Å²) < 4.78 is 0.828. The molecule has 0 amide bonds. The van der Waals surface area contributed by atoms with Crippen LogP contribution in [0, 0.1) is 6.92 Å². The van der Waals surface area contributed by atoms with Gasteiger partial charge in [0.1, 0.15) is 10.4 Å². The fraction of sp³-hybridized carbons (Fsp3) is 0.167. The van der Waals surface area contributed by atoms with Crippen LogP contribution in [0.4, 0.5) is 5.82 Å². The first-order valence-electron chi connectivity index (χ1n) is 5.03. The Balaban J connectivity index is 2.02. The zero-order valence-corrected chi connectivity index (χ0v) is 10.5. The molecule has 2 rings (SSSR count). The highest BCUT2D eigenvalue weighted by Crippen LogP contribution is 2.10. The van der Waals surface area contributed by atoms with E-state index < -0.39 is 0 Å². The van der Waals surface area contributed by atoms with Gasteiger partial charge in [0.25, 0.3) is 0 Å². The SMILES string of the molecule is Cc1cccc(CNc2cccc(Br)n2)n1. The molecular formula is C12H12BrN3. The van der Waals surface area contributed by atoms with Crippen molar-refractivity contribution in [2.45, 2.75) is 13.5 Å². The van der Waals surface area contributed by atoms with E-state index in [9.17, 15) is 0 Å². The molecule has 0 aliphatic heterocycles. The maximum Gasteiger partial charge on any atom is 0.127 e. The first kappa shape index (κ1) is 11.1. The maximum atomic E-state index is 4.41. The Hall–Kier alpha value is -1.42. The van der Waals surface area contributed by atoms with Crippen LogP contribution in [0.1, 0.15) is 11.4 Å². The van der Waals surface area contributed by atoms with E-state index in [1.54, 1.807) is 0 Å². The molecule has 0 saturated heterocycles. The Kier molecular flexibility index (Phi) is 3.51. The van der Waals surface area contributed by atoms with Crippen molar-refractivity contribution in [1.82, 2.24) is 9.97 Å². The van der Waals surface area contributed by atoms with Crippen LogP contribution in [-0.2, 0) is 6.54 Å². The van der Waals surface area contributed by atoms with Crippen LogP contribution >= 0.6 is 15.9 Å². The van der Waals surface area contributed by atoms with Crippen LogP contribution in [0.5, 0.6) is 0 Å². The Morgan fingerprint density at radius 2 is 1.94 bits per heavy atom. The second-order valence-corrected chi connectivity index (χ2v) is 4.28. The van der Waals surface area contributed by atoms with Crippen LogP contribution in [-0.4, -0.2) is 9.97 Å². The number of pyridine rings is 2. The summed E-state index contributed by atoms with van der Waals surface area (Å²) in [4.78, 5) is 8.70. The van der Waals surface area contributed by atoms with Crippen molar-refractivity contribution in [3.8, 4) is 0 Å². The highest BCUT2D eigenvalue weighted by atomic mass is 79.9. The standard InChI is InChI=1S/C12H12BrN3/c1-9-4-2-5-10(15-9)8-14-12-7-3-6-11(13)16-12/h2-7H,8H2,1H3,(H,14,16). The molecule has 0 aromatic carbocycles. The lowest BCUT2D eigenvalue weighted by Crippen LogP contribution is -2.03. The van der Waals surface area contributed by atoms with E-state index in [0.717, 1.165) is 21.8 Å². The summed E-state index contributed by atoms with van der Waals surface area (Å²) in [6.45, 7) is 2.67. The number of hydrogen-bond donors (Lipinski definition) is 1. The second kappa shape index (κ2) is 5.07. The van der Waals surface area contributed by atoms with Crippen molar-refractivity contribution in [3.63, 3.8) is 0 Å². The minimum atomic E-state index is 0.686. The second-order valence-electron chi connectivity index (χ2n) is 3.47. The third-order valence-electron chi connectivity index (χ3n) is 2.11. The Bertz CT molecular complexity index is 440. The van der Waals surface area contributed by atoms with Gasteiger partial charge in [-0.25, -0.2) is 4.98 Å². The van der Waals surface area contributed by atoms with Crippen LogP contribution in [0.15, 0.2) is 41.0 Å². The number of aromatic nitrogens is 2. The monoisotopic (exact) mass is 277 g/mol. The zero-order valence-electron chi connectivity index (χ0n) is 8.94. The maximum absolute atomic E-state index is 4.41. The van der Waals surface area contributed by atoms with E-state index in [1.165, 1.54) is 0 Å². The number of anilines is 1. The van der Waals surface area contributed by atoms with E-state index in [4.69, 9.17) is 0 Å². The third kappa shape index (κ3) is 3.03. The van der Waals surface area contributed by atoms with E-state index in [-0.39, 0.29) is 0 Å². The van der Waals surface area contributed by atoms with Crippen molar-refractivity contribution < 1.29 is 0 Å². The van der Waals surface area contributed by atoms with Gasteiger partial charge in [-0.05, 0) is 47.1 Å². The molecule has 0 fully saturated rings. The molecule has 2 aromatic heterocycles. The van der Waals surface area contributed by atoms with Gasteiger partial charge in [0.05, 0.1) is 12.2 Å². The summed E-state index contributed by atoms with van der Waals surface area (Å²) >= 11 is 3.33. The van der Waals surface area contributed by atoms with E-state index >= 15 is 0 Å². The van der Waals surface area contributed by atoms with Gasteiger partial charge in [-0.2, -0.15) is 0 Å². The number of halogens is 1. The van der Waals surface area contributed by atoms with E-state index in [2.05, 4.69) is 31.2 Å². The number of nitrogens with one attached hydrogen (secondary N) is 1. The zero-order chi connectivity index (χ0) is 11.4. The summed E-state index contributed by atoms with van der Waals surface area (Å²) in [5, 5.41) is 3.23. The number of nitrogens with zero attached hydrogens (tertiary/aromatic N) is 2. The molecule has 0 atom stereocenters. The minimum Gasteiger partial charge on any atom is -0.364 e.